The summed E-state index contributed by atoms with van der Waals surface area (Å²) in [4.78, 5) is 37.6. The molecule has 324 valence electrons. The van der Waals surface area contributed by atoms with E-state index >= 15 is 0 Å². The van der Waals surface area contributed by atoms with Gasteiger partial charge in [0.15, 0.2) is 6.10 Å². The highest BCUT2D eigenvalue weighted by Crippen LogP contribution is 2.15. The minimum Gasteiger partial charge on any atom is -0.462 e. The molecule has 0 bridgehead atoms. The van der Waals surface area contributed by atoms with E-state index in [0.29, 0.717) is 19.3 Å². The van der Waals surface area contributed by atoms with E-state index in [-0.39, 0.29) is 31.1 Å². The van der Waals surface area contributed by atoms with Crippen molar-refractivity contribution in [3.8, 4) is 0 Å². The monoisotopic (exact) mass is 777 g/mol. The van der Waals surface area contributed by atoms with Gasteiger partial charge < -0.3 is 14.2 Å². The van der Waals surface area contributed by atoms with Crippen molar-refractivity contribution in [1.82, 2.24) is 0 Å². The van der Waals surface area contributed by atoms with Gasteiger partial charge in [-0.2, -0.15) is 0 Å². The third-order valence-corrected chi connectivity index (χ3v) is 10.8. The van der Waals surface area contributed by atoms with E-state index in [0.717, 1.165) is 57.8 Å². The maximum absolute atomic E-state index is 12.7. The summed E-state index contributed by atoms with van der Waals surface area (Å²) in [5.74, 6) is -0.870. The molecule has 1 atom stereocenters. The van der Waals surface area contributed by atoms with Crippen LogP contribution in [0.5, 0.6) is 0 Å². The van der Waals surface area contributed by atoms with Crippen LogP contribution in [0.15, 0.2) is 12.2 Å². The number of ether oxygens (including phenoxy) is 3. The number of carbonyl (C=O) groups excluding carboxylic acids is 3. The summed E-state index contributed by atoms with van der Waals surface area (Å²) in [6.45, 7) is 6.59. The molecule has 0 aliphatic rings. The molecule has 0 N–H and O–H groups in total. The van der Waals surface area contributed by atoms with Crippen LogP contribution in [0, 0.1) is 0 Å². The highest BCUT2D eigenvalue weighted by molar-refractivity contribution is 5.71. The Morgan fingerprint density at radius 1 is 0.345 bits per heavy atom. The molecule has 0 aliphatic heterocycles. The first-order valence-corrected chi connectivity index (χ1v) is 24.2. The molecule has 0 fully saturated rings. The molecule has 0 aromatic heterocycles. The summed E-state index contributed by atoms with van der Waals surface area (Å²) in [6, 6.07) is 0. The van der Waals surface area contributed by atoms with E-state index in [2.05, 4.69) is 32.9 Å². The van der Waals surface area contributed by atoms with Crippen molar-refractivity contribution in [3.05, 3.63) is 12.2 Å². The Hall–Kier alpha value is -1.85. The molecule has 0 amide bonds. The summed E-state index contributed by atoms with van der Waals surface area (Å²) in [6.07, 6.45) is 47.8. The quantitative estimate of drug-likeness (QED) is 0.0265. The topological polar surface area (TPSA) is 78.9 Å². The summed E-state index contributed by atoms with van der Waals surface area (Å²) in [7, 11) is 0. The van der Waals surface area contributed by atoms with Gasteiger partial charge >= 0.3 is 17.9 Å². The number of carbonyl (C=O) groups is 3. The minimum absolute atomic E-state index is 0.0681. The molecular weight excluding hydrogens is 685 g/mol. The van der Waals surface area contributed by atoms with Gasteiger partial charge in [-0.1, -0.05) is 213 Å². The second-order valence-electron chi connectivity index (χ2n) is 16.4. The molecule has 0 heterocycles. The molecular formula is C49H92O6. The van der Waals surface area contributed by atoms with Crippen molar-refractivity contribution in [1.29, 1.82) is 0 Å². The van der Waals surface area contributed by atoms with E-state index in [9.17, 15) is 14.4 Å². The molecule has 0 rings (SSSR count). The number of esters is 3. The standard InChI is InChI=1S/C49H92O6/c1-4-7-10-13-16-18-20-22-24-25-26-28-29-31-33-36-39-42-48(51)54-45-46(44-53-47(50)41-38-35-15-12-9-6-3)55-49(52)43-40-37-34-32-30-27-23-21-19-17-14-11-8-5-2/h22,24,46H,4-21,23,25-45H2,1-3H3/b24-22-. The lowest BCUT2D eigenvalue weighted by Crippen LogP contribution is -2.30. The molecule has 55 heavy (non-hydrogen) atoms. The summed E-state index contributed by atoms with van der Waals surface area (Å²) < 4.78 is 16.7. The molecule has 0 saturated heterocycles. The van der Waals surface area contributed by atoms with Crippen LogP contribution < -0.4 is 0 Å². The molecule has 0 aromatic rings. The molecule has 0 aromatic carbocycles. The number of hydrogen-bond acceptors (Lipinski definition) is 6. The molecule has 0 aliphatic carbocycles. The first-order chi connectivity index (χ1) is 27.0. The zero-order valence-electron chi connectivity index (χ0n) is 37.0. The number of hydrogen-bond donors (Lipinski definition) is 0. The normalized spacial score (nSPS) is 12.0. The van der Waals surface area contributed by atoms with Gasteiger partial charge in [-0.25, -0.2) is 0 Å². The largest absolute Gasteiger partial charge is 0.462 e. The first-order valence-electron chi connectivity index (χ1n) is 24.2. The minimum atomic E-state index is -0.762. The van der Waals surface area contributed by atoms with Gasteiger partial charge in [0.25, 0.3) is 0 Å². The zero-order chi connectivity index (χ0) is 40.1. The maximum atomic E-state index is 12.7. The Labute approximate surface area is 341 Å². The van der Waals surface area contributed by atoms with Gasteiger partial charge in [0.2, 0.25) is 0 Å². The summed E-state index contributed by atoms with van der Waals surface area (Å²) in [5, 5.41) is 0. The zero-order valence-corrected chi connectivity index (χ0v) is 37.0. The number of unbranched alkanes of at least 4 members (excludes halogenated alkanes) is 31. The predicted octanol–water partition coefficient (Wildman–Crippen LogP) is 15.4. The maximum Gasteiger partial charge on any atom is 0.306 e. The van der Waals surface area contributed by atoms with Crippen LogP contribution >= 0.6 is 0 Å². The molecule has 0 saturated carbocycles. The van der Waals surface area contributed by atoms with Crippen molar-refractivity contribution in [2.75, 3.05) is 13.2 Å². The Balaban J connectivity index is 4.20. The van der Waals surface area contributed by atoms with Crippen molar-refractivity contribution in [2.24, 2.45) is 0 Å². The highest BCUT2D eigenvalue weighted by Gasteiger charge is 2.19. The van der Waals surface area contributed by atoms with Crippen LogP contribution in [0.1, 0.15) is 265 Å². The lowest BCUT2D eigenvalue weighted by Gasteiger charge is -2.18. The van der Waals surface area contributed by atoms with Gasteiger partial charge in [0, 0.05) is 19.3 Å². The fourth-order valence-corrected chi connectivity index (χ4v) is 7.08. The summed E-state index contributed by atoms with van der Waals surface area (Å²) >= 11 is 0. The van der Waals surface area contributed by atoms with E-state index in [1.807, 2.05) is 0 Å². The van der Waals surface area contributed by atoms with E-state index in [1.54, 1.807) is 0 Å². The average Bonchev–Trinajstić information content (AvgIpc) is 3.18. The van der Waals surface area contributed by atoms with E-state index < -0.39 is 6.10 Å². The number of allylic oxidation sites excluding steroid dienone is 2. The van der Waals surface area contributed by atoms with Crippen LogP contribution in [0.3, 0.4) is 0 Å². The summed E-state index contributed by atoms with van der Waals surface area (Å²) in [5.41, 5.74) is 0. The van der Waals surface area contributed by atoms with E-state index in [1.165, 1.54) is 167 Å². The van der Waals surface area contributed by atoms with Gasteiger partial charge in [0.1, 0.15) is 13.2 Å². The van der Waals surface area contributed by atoms with Crippen LogP contribution in [0.4, 0.5) is 0 Å². The fraction of sp³-hybridized carbons (Fsp3) is 0.898. The second kappa shape index (κ2) is 44.9. The van der Waals surface area contributed by atoms with Crippen molar-refractivity contribution >= 4 is 17.9 Å². The Kier molecular flexibility index (Phi) is 43.4. The lowest BCUT2D eigenvalue weighted by molar-refractivity contribution is -0.167. The van der Waals surface area contributed by atoms with E-state index in [4.69, 9.17) is 14.2 Å². The van der Waals surface area contributed by atoms with Crippen molar-refractivity contribution in [3.63, 3.8) is 0 Å². The fourth-order valence-electron chi connectivity index (χ4n) is 7.08. The van der Waals surface area contributed by atoms with Gasteiger partial charge in [-0.3, -0.25) is 14.4 Å². The van der Waals surface area contributed by atoms with Crippen LogP contribution in [-0.2, 0) is 28.6 Å². The smallest absolute Gasteiger partial charge is 0.306 e. The van der Waals surface area contributed by atoms with Crippen LogP contribution in [0.25, 0.3) is 0 Å². The Bertz CT molecular complexity index is 854. The van der Waals surface area contributed by atoms with Gasteiger partial charge in [0.05, 0.1) is 0 Å². The third-order valence-electron chi connectivity index (χ3n) is 10.8. The molecule has 6 heteroatoms. The predicted molar refractivity (Wildman–Crippen MR) is 233 cm³/mol. The molecule has 0 spiro atoms. The highest BCUT2D eigenvalue weighted by atomic mass is 16.6. The van der Waals surface area contributed by atoms with Gasteiger partial charge in [-0.05, 0) is 44.9 Å². The SMILES string of the molecule is CCCCCCCC/C=C\CCCCCCCCCC(=O)OCC(COC(=O)CCCCCCCC)OC(=O)CCCCCCCCCCCCCCCC. The third kappa shape index (κ3) is 43.1. The number of rotatable bonds is 44. The Morgan fingerprint density at radius 3 is 0.909 bits per heavy atom. The molecule has 0 radical (unpaired) electrons. The lowest BCUT2D eigenvalue weighted by atomic mass is 10.0. The second-order valence-corrected chi connectivity index (χ2v) is 16.4. The average molecular weight is 777 g/mol. The Morgan fingerprint density at radius 2 is 0.600 bits per heavy atom. The van der Waals surface area contributed by atoms with Crippen molar-refractivity contribution < 1.29 is 28.6 Å². The molecule has 6 nitrogen and oxygen atoms in total. The van der Waals surface area contributed by atoms with Gasteiger partial charge in [-0.15, -0.1) is 0 Å². The van der Waals surface area contributed by atoms with Crippen LogP contribution in [0.2, 0.25) is 0 Å². The molecule has 1 unspecified atom stereocenters. The van der Waals surface area contributed by atoms with Crippen LogP contribution in [-0.4, -0.2) is 37.2 Å². The first kappa shape index (κ1) is 53.1. The van der Waals surface area contributed by atoms with Crippen molar-refractivity contribution in [2.45, 2.75) is 271 Å².